The largest absolute Gasteiger partial charge is 0.384 e. The van der Waals surface area contributed by atoms with Crippen molar-refractivity contribution in [3.63, 3.8) is 0 Å². The van der Waals surface area contributed by atoms with E-state index in [-0.39, 0.29) is 5.69 Å². The van der Waals surface area contributed by atoms with Gasteiger partial charge in [-0.3, -0.25) is 0 Å². The summed E-state index contributed by atoms with van der Waals surface area (Å²) >= 11 is 0. The molecular formula is C13H12F2N4. The number of anilines is 3. The lowest BCUT2D eigenvalue weighted by Gasteiger charge is -2.09. The maximum Gasteiger partial charge on any atom is 0.149 e. The fourth-order valence-corrected chi connectivity index (χ4v) is 1.80. The average molecular weight is 262 g/mol. The molecule has 0 spiro atoms. The summed E-state index contributed by atoms with van der Waals surface area (Å²) in [6.07, 6.45) is 2.10. The van der Waals surface area contributed by atoms with Crippen LogP contribution in [0.2, 0.25) is 0 Å². The summed E-state index contributed by atoms with van der Waals surface area (Å²) in [6.45, 7) is 0. The molecule has 0 atom stereocenters. The van der Waals surface area contributed by atoms with Crippen molar-refractivity contribution in [2.75, 3.05) is 11.1 Å². The van der Waals surface area contributed by atoms with Crippen molar-refractivity contribution in [1.29, 1.82) is 0 Å². The van der Waals surface area contributed by atoms with Crippen LogP contribution in [0.1, 0.15) is 24.6 Å². The van der Waals surface area contributed by atoms with Crippen LogP contribution in [0.4, 0.5) is 26.1 Å². The van der Waals surface area contributed by atoms with Gasteiger partial charge >= 0.3 is 0 Å². The molecule has 4 nitrogen and oxygen atoms in total. The maximum absolute atomic E-state index is 13.5. The van der Waals surface area contributed by atoms with Crippen LogP contribution in [0, 0.1) is 11.6 Å². The number of nitrogens with zero attached hydrogens (tertiary/aromatic N) is 2. The molecule has 1 aliphatic carbocycles. The Kier molecular flexibility index (Phi) is 2.77. The first kappa shape index (κ1) is 11.8. The van der Waals surface area contributed by atoms with Crippen LogP contribution in [-0.4, -0.2) is 9.97 Å². The molecule has 2 aromatic rings. The van der Waals surface area contributed by atoms with Crippen LogP contribution in [0.25, 0.3) is 0 Å². The summed E-state index contributed by atoms with van der Waals surface area (Å²) < 4.78 is 26.3. The summed E-state index contributed by atoms with van der Waals surface area (Å²) in [6, 6.07) is 4.83. The second kappa shape index (κ2) is 4.46. The van der Waals surface area contributed by atoms with Gasteiger partial charge in [-0.1, -0.05) is 0 Å². The van der Waals surface area contributed by atoms with Crippen molar-refractivity contribution in [3.8, 4) is 0 Å². The second-order valence-corrected chi connectivity index (χ2v) is 4.56. The van der Waals surface area contributed by atoms with Crippen molar-refractivity contribution in [1.82, 2.24) is 9.97 Å². The van der Waals surface area contributed by atoms with Crippen molar-refractivity contribution in [2.45, 2.75) is 18.8 Å². The number of halogens is 2. The third-order valence-electron chi connectivity index (χ3n) is 2.90. The van der Waals surface area contributed by atoms with Gasteiger partial charge in [0.2, 0.25) is 0 Å². The zero-order valence-electron chi connectivity index (χ0n) is 10.0. The van der Waals surface area contributed by atoms with E-state index in [0.29, 0.717) is 23.4 Å². The Balaban J connectivity index is 1.89. The Morgan fingerprint density at radius 3 is 2.63 bits per heavy atom. The zero-order valence-corrected chi connectivity index (χ0v) is 10.0. The Morgan fingerprint density at radius 2 is 1.95 bits per heavy atom. The van der Waals surface area contributed by atoms with Crippen molar-refractivity contribution in [3.05, 3.63) is 41.7 Å². The highest BCUT2D eigenvalue weighted by Crippen LogP contribution is 2.38. The molecule has 1 aromatic heterocycles. The number of hydrogen-bond donors (Lipinski definition) is 2. The predicted octanol–water partition coefficient (Wildman–Crippen LogP) is 2.96. The van der Waals surface area contributed by atoms with E-state index in [1.165, 1.54) is 18.2 Å². The van der Waals surface area contributed by atoms with Crippen LogP contribution < -0.4 is 11.1 Å². The minimum atomic E-state index is -0.676. The second-order valence-electron chi connectivity index (χ2n) is 4.56. The lowest BCUT2D eigenvalue weighted by atomic mass is 10.3. The first-order valence-electron chi connectivity index (χ1n) is 5.98. The van der Waals surface area contributed by atoms with Gasteiger partial charge in [0, 0.05) is 18.1 Å². The molecule has 0 bridgehead atoms. The first-order chi connectivity index (χ1) is 9.11. The molecule has 6 heteroatoms. The van der Waals surface area contributed by atoms with E-state index in [1.54, 1.807) is 0 Å². The Hall–Kier alpha value is -2.24. The summed E-state index contributed by atoms with van der Waals surface area (Å²) in [5.41, 5.74) is 5.85. The number of nitrogen functional groups attached to an aromatic ring is 1. The molecule has 1 aromatic carbocycles. The number of aromatic nitrogens is 2. The van der Waals surface area contributed by atoms with E-state index >= 15 is 0 Å². The van der Waals surface area contributed by atoms with Crippen molar-refractivity contribution >= 4 is 17.3 Å². The highest BCUT2D eigenvalue weighted by Gasteiger charge is 2.27. The minimum absolute atomic E-state index is 0.154. The van der Waals surface area contributed by atoms with Crippen LogP contribution >= 0.6 is 0 Å². The quantitative estimate of drug-likeness (QED) is 0.892. The molecule has 98 valence electrons. The Bertz CT molecular complexity index is 626. The van der Waals surface area contributed by atoms with Gasteiger partial charge in [-0.25, -0.2) is 18.7 Å². The summed E-state index contributed by atoms with van der Waals surface area (Å²) in [4.78, 5) is 8.44. The molecule has 1 fully saturated rings. The Labute approximate surface area is 108 Å². The van der Waals surface area contributed by atoms with Crippen molar-refractivity contribution < 1.29 is 8.78 Å². The molecule has 0 aliphatic heterocycles. The lowest BCUT2D eigenvalue weighted by Crippen LogP contribution is -2.03. The highest BCUT2D eigenvalue weighted by atomic mass is 19.1. The summed E-state index contributed by atoms with van der Waals surface area (Å²) in [5.74, 6) is 0.475. The molecule has 1 aliphatic rings. The third-order valence-corrected chi connectivity index (χ3v) is 2.90. The van der Waals surface area contributed by atoms with Gasteiger partial charge in [0.25, 0.3) is 0 Å². The van der Waals surface area contributed by atoms with Crippen LogP contribution in [0.5, 0.6) is 0 Å². The molecule has 1 saturated carbocycles. The van der Waals surface area contributed by atoms with Crippen LogP contribution in [0.3, 0.4) is 0 Å². The van der Waals surface area contributed by atoms with Gasteiger partial charge in [-0.15, -0.1) is 0 Å². The fourth-order valence-electron chi connectivity index (χ4n) is 1.80. The van der Waals surface area contributed by atoms with E-state index in [1.807, 2.05) is 0 Å². The zero-order chi connectivity index (χ0) is 13.4. The van der Waals surface area contributed by atoms with E-state index < -0.39 is 11.6 Å². The molecule has 3 N–H and O–H groups in total. The molecular weight excluding hydrogens is 250 g/mol. The van der Waals surface area contributed by atoms with E-state index in [9.17, 15) is 8.78 Å². The highest BCUT2D eigenvalue weighted by molar-refractivity contribution is 5.59. The molecule has 0 radical (unpaired) electrons. The van der Waals surface area contributed by atoms with Gasteiger partial charge in [0.1, 0.15) is 29.1 Å². The van der Waals surface area contributed by atoms with E-state index in [0.717, 1.165) is 18.9 Å². The molecule has 1 heterocycles. The van der Waals surface area contributed by atoms with Gasteiger partial charge in [-0.05, 0) is 25.0 Å². The maximum atomic E-state index is 13.5. The van der Waals surface area contributed by atoms with Gasteiger partial charge < -0.3 is 11.1 Å². The van der Waals surface area contributed by atoms with E-state index in [2.05, 4.69) is 15.3 Å². The molecule has 3 rings (SSSR count). The number of benzene rings is 1. The SMILES string of the molecule is Nc1cc(Nc2ccc(F)cc2F)nc(C2CC2)n1. The van der Waals surface area contributed by atoms with Gasteiger partial charge in [0.05, 0.1) is 5.69 Å². The summed E-state index contributed by atoms with van der Waals surface area (Å²) in [7, 11) is 0. The fraction of sp³-hybridized carbons (Fsp3) is 0.231. The van der Waals surface area contributed by atoms with Gasteiger partial charge in [0.15, 0.2) is 0 Å². The average Bonchev–Trinajstić information content (AvgIpc) is 3.16. The normalized spacial score (nSPS) is 14.4. The molecule has 0 amide bonds. The molecule has 0 unspecified atom stereocenters. The van der Waals surface area contributed by atoms with Crippen LogP contribution in [0.15, 0.2) is 24.3 Å². The van der Waals surface area contributed by atoms with Crippen molar-refractivity contribution in [2.24, 2.45) is 0 Å². The standard InChI is InChI=1S/C13H12F2N4/c14-8-3-4-10(9(15)5-8)17-12-6-11(16)18-13(19-12)7-1-2-7/h3-7H,1-2H2,(H3,16,17,18,19). The number of nitrogens with one attached hydrogen (secondary N) is 1. The molecule has 19 heavy (non-hydrogen) atoms. The predicted molar refractivity (Wildman–Crippen MR) is 68.1 cm³/mol. The minimum Gasteiger partial charge on any atom is -0.384 e. The third kappa shape index (κ3) is 2.62. The molecule has 0 saturated heterocycles. The number of rotatable bonds is 3. The van der Waals surface area contributed by atoms with Crippen LogP contribution in [-0.2, 0) is 0 Å². The van der Waals surface area contributed by atoms with E-state index in [4.69, 9.17) is 5.73 Å². The topological polar surface area (TPSA) is 63.8 Å². The van der Waals surface area contributed by atoms with Gasteiger partial charge in [-0.2, -0.15) is 0 Å². The monoisotopic (exact) mass is 262 g/mol. The number of nitrogens with two attached hydrogens (primary N) is 1. The number of hydrogen-bond acceptors (Lipinski definition) is 4. The first-order valence-corrected chi connectivity index (χ1v) is 5.98. The smallest absolute Gasteiger partial charge is 0.149 e. The summed E-state index contributed by atoms with van der Waals surface area (Å²) in [5, 5.41) is 2.79. The Morgan fingerprint density at radius 1 is 1.16 bits per heavy atom. The lowest BCUT2D eigenvalue weighted by molar-refractivity contribution is 0.586.